The van der Waals surface area contributed by atoms with Crippen LogP contribution in [-0.2, 0) is 0 Å². The lowest BCUT2D eigenvalue weighted by Gasteiger charge is -1.80. The fourth-order valence-electron chi connectivity index (χ4n) is 0.823. The van der Waals surface area contributed by atoms with E-state index in [-0.39, 0.29) is 0 Å². The SMILES string of the molecule is CSc1nc2nccnc2[nH]1. The Hall–Kier alpha value is -1.10. The van der Waals surface area contributed by atoms with Crippen molar-refractivity contribution < 1.29 is 0 Å². The number of hydrogen-bond acceptors (Lipinski definition) is 4. The predicted octanol–water partition coefficient (Wildman–Crippen LogP) is 1.07. The Morgan fingerprint density at radius 2 is 2.18 bits per heavy atom. The van der Waals surface area contributed by atoms with Crippen LogP contribution in [0.25, 0.3) is 11.3 Å². The molecule has 2 aromatic heterocycles. The third-order valence-corrected chi connectivity index (χ3v) is 1.89. The third-order valence-electron chi connectivity index (χ3n) is 1.31. The van der Waals surface area contributed by atoms with E-state index in [1.54, 1.807) is 24.2 Å². The number of H-pyrrole nitrogens is 1. The van der Waals surface area contributed by atoms with Gasteiger partial charge in [-0.15, -0.1) is 0 Å². The summed E-state index contributed by atoms with van der Waals surface area (Å²) in [6, 6.07) is 0. The maximum absolute atomic E-state index is 4.16. The summed E-state index contributed by atoms with van der Waals surface area (Å²) in [5.41, 5.74) is 1.42. The molecule has 5 heteroatoms. The van der Waals surface area contributed by atoms with Gasteiger partial charge in [-0.25, -0.2) is 15.0 Å². The molecule has 0 aliphatic rings. The lowest BCUT2D eigenvalue weighted by atomic mass is 10.7. The topological polar surface area (TPSA) is 54.5 Å². The van der Waals surface area contributed by atoms with E-state index in [0.29, 0.717) is 5.65 Å². The minimum Gasteiger partial charge on any atom is -0.316 e. The van der Waals surface area contributed by atoms with Crippen molar-refractivity contribution in [2.75, 3.05) is 6.26 Å². The summed E-state index contributed by atoms with van der Waals surface area (Å²) < 4.78 is 0. The molecule has 0 saturated heterocycles. The van der Waals surface area contributed by atoms with Crippen LogP contribution in [0.1, 0.15) is 0 Å². The number of imidazole rings is 1. The van der Waals surface area contributed by atoms with E-state index in [4.69, 9.17) is 0 Å². The first-order valence-corrected chi connectivity index (χ1v) is 4.33. The van der Waals surface area contributed by atoms with Crippen LogP contribution in [-0.4, -0.2) is 26.2 Å². The molecular weight excluding hydrogens is 160 g/mol. The van der Waals surface area contributed by atoms with E-state index in [9.17, 15) is 0 Å². The van der Waals surface area contributed by atoms with Crippen molar-refractivity contribution in [3.63, 3.8) is 0 Å². The van der Waals surface area contributed by atoms with Gasteiger partial charge in [0.2, 0.25) is 0 Å². The molecule has 0 aliphatic heterocycles. The van der Waals surface area contributed by atoms with Gasteiger partial charge in [0.05, 0.1) is 0 Å². The number of nitrogens with zero attached hydrogens (tertiary/aromatic N) is 3. The monoisotopic (exact) mass is 166 g/mol. The Bertz CT molecular complexity index is 336. The molecule has 0 aliphatic carbocycles. The predicted molar refractivity (Wildman–Crippen MR) is 43.5 cm³/mol. The fraction of sp³-hybridized carbons (Fsp3) is 0.167. The molecule has 2 aromatic rings. The smallest absolute Gasteiger partial charge is 0.198 e. The number of aromatic nitrogens is 4. The average molecular weight is 166 g/mol. The van der Waals surface area contributed by atoms with Crippen LogP contribution in [0.4, 0.5) is 0 Å². The molecule has 56 valence electrons. The first kappa shape index (κ1) is 6.60. The molecule has 2 rings (SSSR count). The number of hydrogen-bond donors (Lipinski definition) is 1. The molecule has 0 aromatic carbocycles. The highest BCUT2D eigenvalue weighted by molar-refractivity contribution is 7.98. The zero-order valence-corrected chi connectivity index (χ0v) is 6.72. The van der Waals surface area contributed by atoms with E-state index >= 15 is 0 Å². The third kappa shape index (κ3) is 1.07. The van der Waals surface area contributed by atoms with Gasteiger partial charge in [-0.3, -0.25) is 0 Å². The molecular formula is C6H6N4S. The van der Waals surface area contributed by atoms with Crippen LogP contribution in [0.3, 0.4) is 0 Å². The highest BCUT2D eigenvalue weighted by atomic mass is 32.2. The second-order valence-electron chi connectivity index (χ2n) is 1.97. The van der Waals surface area contributed by atoms with Gasteiger partial charge in [-0.1, -0.05) is 11.8 Å². The summed E-state index contributed by atoms with van der Waals surface area (Å²) in [5, 5.41) is 0.853. The van der Waals surface area contributed by atoms with Gasteiger partial charge in [0.1, 0.15) is 0 Å². The van der Waals surface area contributed by atoms with E-state index < -0.39 is 0 Å². The molecule has 0 unspecified atom stereocenters. The summed E-state index contributed by atoms with van der Waals surface area (Å²) in [6.07, 6.45) is 5.23. The molecule has 0 amide bonds. The summed E-state index contributed by atoms with van der Waals surface area (Å²) in [7, 11) is 0. The van der Waals surface area contributed by atoms with Gasteiger partial charge >= 0.3 is 0 Å². The van der Waals surface area contributed by atoms with Crippen LogP contribution >= 0.6 is 11.8 Å². The van der Waals surface area contributed by atoms with Crippen LogP contribution < -0.4 is 0 Å². The van der Waals surface area contributed by atoms with E-state index in [1.807, 2.05) is 6.26 Å². The van der Waals surface area contributed by atoms with Crippen LogP contribution in [0, 0.1) is 0 Å². The Morgan fingerprint density at radius 1 is 1.36 bits per heavy atom. The molecule has 0 bridgehead atoms. The lowest BCUT2D eigenvalue weighted by molar-refractivity contribution is 1.07. The van der Waals surface area contributed by atoms with Crippen molar-refractivity contribution in [2.24, 2.45) is 0 Å². The first-order chi connectivity index (χ1) is 5.40. The van der Waals surface area contributed by atoms with Crippen molar-refractivity contribution in [2.45, 2.75) is 5.16 Å². The molecule has 0 radical (unpaired) electrons. The van der Waals surface area contributed by atoms with E-state index in [0.717, 1.165) is 10.8 Å². The second kappa shape index (κ2) is 2.50. The van der Waals surface area contributed by atoms with Crippen LogP contribution in [0.2, 0.25) is 0 Å². The summed E-state index contributed by atoms with van der Waals surface area (Å²) in [4.78, 5) is 15.3. The second-order valence-corrected chi connectivity index (χ2v) is 2.77. The average Bonchev–Trinajstić information content (AvgIpc) is 2.46. The maximum Gasteiger partial charge on any atom is 0.198 e. The molecule has 0 fully saturated rings. The molecule has 0 atom stereocenters. The Labute approximate surface area is 67.5 Å². The van der Waals surface area contributed by atoms with Crippen LogP contribution in [0.15, 0.2) is 17.6 Å². The molecule has 1 N–H and O–H groups in total. The van der Waals surface area contributed by atoms with E-state index in [1.165, 1.54) is 0 Å². The molecule has 0 saturated carbocycles. The lowest BCUT2D eigenvalue weighted by Crippen LogP contribution is -1.77. The van der Waals surface area contributed by atoms with Gasteiger partial charge in [-0.05, 0) is 6.26 Å². The van der Waals surface area contributed by atoms with Gasteiger partial charge in [0, 0.05) is 12.4 Å². The number of rotatable bonds is 1. The molecule has 4 nitrogen and oxygen atoms in total. The quantitative estimate of drug-likeness (QED) is 0.644. The van der Waals surface area contributed by atoms with Crippen LogP contribution in [0.5, 0.6) is 0 Å². The van der Waals surface area contributed by atoms with Crippen molar-refractivity contribution in [3.05, 3.63) is 12.4 Å². The minimum atomic E-state index is 0.678. The standard InChI is InChI=1S/C6H6N4S/c1-11-6-9-4-5(10-6)8-3-2-7-4/h2-3H,1H3,(H,7,8,9,10). The van der Waals surface area contributed by atoms with Crippen molar-refractivity contribution in [3.8, 4) is 0 Å². The molecule has 0 spiro atoms. The van der Waals surface area contributed by atoms with Crippen molar-refractivity contribution in [1.29, 1.82) is 0 Å². The normalized spacial score (nSPS) is 10.6. The zero-order valence-electron chi connectivity index (χ0n) is 5.90. The summed E-state index contributed by atoms with van der Waals surface area (Å²) in [6.45, 7) is 0. The largest absolute Gasteiger partial charge is 0.316 e. The molecule has 11 heavy (non-hydrogen) atoms. The minimum absolute atomic E-state index is 0.678. The van der Waals surface area contributed by atoms with Gasteiger partial charge in [-0.2, -0.15) is 0 Å². The zero-order chi connectivity index (χ0) is 7.68. The highest BCUT2D eigenvalue weighted by Gasteiger charge is 2.00. The molecule has 2 heterocycles. The van der Waals surface area contributed by atoms with Gasteiger partial charge < -0.3 is 4.98 Å². The maximum atomic E-state index is 4.16. The Morgan fingerprint density at radius 3 is 2.91 bits per heavy atom. The Kier molecular flexibility index (Phi) is 1.50. The highest BCUT2D eigenvalue weighted by Crippen LogP contribution is 2.12. The van der Waals surface area contributed by atoms with Gasteiger partial charge in [0.15, 0.2) is 16.5 Å². The number of aromatic amines is 1. The Balaban J connectivity index is 2.69. The number of nitrogens with one attached hydrogen (secondary N) is 1. The fourth-order valence-corrected chi connectivity index (χ4v) is 1.20. The van der Waals surface area contributed by atoms with Crippen molar-refractivity contribution in [1.82, 2.24) is 19.9 Å². The summed E-state index contributed by atoms with van der Waals surface area (Å²) in [5.74, 6) is 0. The van der Waals surface area contributed by atoms with Gasteiger partial charge in [0.25, 0.3) is 0 Å². The first-order valence-electron chi connectivity index (χ1n) is 3.11. The van der Waals surface area contributed by atoms with E-state index in [2.05, 4.69) is 19.9 Å². The summed E-state index contributed by atoms with van der Waals surface area (Å²) >= 11 is 1.55. The van der Waals surface area contributed by atoms with Crippen molar-refractivity contribution >= 4 is 23.1 Å². The number of fused-ring (bicyclic) bond motifs is 1. The number of thioether (sulfide) groups is 1.